The molecule has 0 radical (unpaired) electrons. The third-order valence-electron chi connectivity index (χ3n) is 4.34. The maximum absolute atomic E-state index is 13.6. The van der Waals surface area contributed by atoms with Gasteiger partial charge >= 0.3 is 0 Å². The van der Waals surface area contributed by atoms with Gasteiger partial charge in [0.15, 0.2) is 5.69 Å². The van der Waals surface area contributed by atoms with E-state index in [9.17, 15) is 13.6 Å². The molecular formula is C18H22F2N4O. The number of hydrogen-bond donors (Lipinski definition) is 2. The molecule has 1 aromatic carbocycles. The molecule has 3 rings (SSSR count). The highest BCUT2D eigenvalue weighted by Gasteiger charge is 2.27. The quantitative estimate of drug-likeness (QED) is 0.872. The maximum Gasteiger partial charge on any atom is 0.272 e. The summed E-state index contributed by atoms with van der Waals surface area (Å²) >= 11 is 0. The predicted molar refractivity (Wildman–Crippen MR) is 90.7 cm³/mol. The Morgan fingerprint density at radius 2 is 1.96 bits per heavy atom. The molecule has 0 bridgehead atoms. The van der Waals surface area contributed by atoms with Gasteiger partial charge in [-0.3, -0.25) is 4.79 Å². The highest BCUT2D eigenvalue weighted by molar-refractivity contribution is 5.94. The Morgan fingerprint density at radius 3 is 2.60 bits per heavy atom. The van der Waals surface area contributed by atoms with E-state index in [1.807, 2.05) is 13.8 Å². The van der Waals surface area contributed by atoms with E-state index >= 15 is 0 Å². The number of halogens is 2. The lowest BCUT2D eigenvalue weighted by Gasteiger charge is -2.15. The molecular weight excluding hydrogens is 326 g/mol. The predicted octanol–water partition coefficient (Wildman–Crippen LogP) is 2.49. The van der Waals surface area contributed by atoms with Crippen molar-refractivity contribution in [1.82, 2.24) is 15.1 Å². The summed E-state index contributed by atoms with van der Waals surface area (Å²) < 4.78 is 28.6. The molecule has 0 fully saturated rings. The van der Waals surface area contributed by atoms with Crippen LogP contribution in [0.2, 0.25) is 0 Å². The fourth-order valence-electron chi connectivity index (χ4n) is 3.40. The molecule has 0 spiro atoms. The van der Waals surface area contributed by atoms with Gasteiger partial charge in [-0.15, -0.1) is 0 Å². The van der Waals surface area contributed by atoms with E-state index < -0.39 is 11.6 Å². The summed E-state index contributed by atoms with van der Waals surface area (Å²) in [5, 5.41) is 7.26. The van der Waals surface area contributed by atoms with Crippen LogP contribution in [0.1, 0.15) is 48.4 Å². The summed E-state index contributed by atoms with van der Waals surface area (Å²) in [6, 6.07) is 3.15. The smallest absolute Gasteiger partial charge is 0.272 e. The van der Waals surface area contributed by atoms with Gasteiger partial charge < -0.3 is 11.1 Å². The Kier molecular flexibility index (Phi) is 4.85. The molecule has 0 saturated heterocycles. The van der Waals surface area contributed by atoms with Crippen molar-refractivity contribution in [2.24, 2.45) is 5.73 Å². The number of nitrogens with two attached hydrogens (primary N) is 1. The standard InChI is InChI=1S/C18H22F2N4O/c1-10(21)6-11(2)22-18(25)17-15-4-3-5-16(15)24(23-17)14-8-12(19)7-13(20)9-14/h7-11H,3-6,21H2,1-2H3,(H,22,25). The number of rotatable bonds is 5. The van der Waals surface area contributed by atoms with Crippen LogP contribution in [0.15, 0.2) is 18.2 Å². The van der Waals surface area contributed by atoms with Crippen molar-refractivity contribution in [3.8, 4) is 5.69 Å². The van der Waals surface area contributed by atoms with E-state index in [2.05, 4.69) is 10.4 Å². The van der Waals surface area contributed by atoms with E-state index in [1.54, 1.807) is 0 Å². The highest BCUT2D eigenvalue weighted by atomic mass is 19.1. The van der Waals surface area contributed by atoms with Crippen LogP contribution < -0.4 is 11.1 Å². The van der Waals surface area contributed by atoms with Crippen molar-refractivity contribution in [3.63, 3.8) is 0 Å². The Hall–Kier alpha value is -2.28. The molecule has 2 aromatic rings. The van der Waals surface area contributed by atoms with Gasteiger partial charge in [0.05, 0.1) is 5.69 Å². The average Bonchev–Trinajstić information content (AvgIpc) is 3.06. The van der Waals surface area contributed by atoms with E-state index in [4.69, 9.17) is 5.73 Å². The van der Waals surface area contributed by atoms with Crippen molar-refractivity contribution < 1.29 is 13.6 Å². The van der Waals surface area contributed by atoms with Crippen LogP contribution in [0.5, 0.6) is 0 Å². The molecule has 1 aliphatic rings. The van der Waals surface area contributed by atoms with Crippen molar-refractivity contribution in [2.45, 2.75) is 51.6 Å². The molecule has 0 aliphatic heterocycles. The molecule has 1 amide bonds. The zero-order valence-electron chi connectivity index (χ0n) is 14.4. The molecule has 1 heterocycles. The minimum Gasteiger partial charge on any atom is -0.348 e. The number of carbonyl (C=O) groups excluding carboxylic acids is 1. The SMILES string of the molecule is CC(N)CC(C)NC(=O)c1nn(-c2cc(F)cc(F)c2)c2c1CCC2. The second-order valence-corrected chi connectivity index (χ2v) is 6.75. The normalized spacial score (nSPS) is 15.7. The number of nitrogens with one attached hydrogen (secondary N) is 1. The van der Waals surface area contributed by atoms with Crippen LogP contribution in [-0.4, -0.2) is 27.8 Å². The zero-order valence-corrected chi connectivity index (χ0v) is 14.4. The first-order valence-corrected chi connectivity index (χ1v) is 8.49. The Labute approximate surface area is 145 Å². The summed E-state index contributed by atoms with van der Waals surface area (Å²) in [4.78, 5) is 12.6. The molecule has 3 N–H and O–H groups in total. The van der Waals surface area contributed by atoms with Gasteiger partial charge in [-0.05, 0) is 51.7 Å². The van der Waals surface area contributed by atoms with Gasteiger partial charge in [-0.1, -0.05) is 0 Å². The van der Waals surface area contributed by atoms with Gasteiger partial charge in [0.25, 0.3) is 5.91 Å². The van der Waals surface area contributed by atoms with E-state index in [0.29, 0.717) is 17.8 Å². The summed E-state index contributed by atoms with van der Waals surface area (Å²) in [6.07, 6.45) is 3.01. The Bertz CT molecular complexity index is 780. The van der Waals surface area contributed by atoms with Gasteiger partial charge in [-0.2, -0.15) is 5.10 Å². The van der Waals surface area contributed by atoms with Crippen LogP contribution >= 0.6 is 0 Å². The zero-order chi connectivity index (χ0) is 18.1. The third-order valence-corrected chi connectivity index (χ3v) is 4.34. The number of amides is 1. The second-order valence-electron chi connectivity index (χ2n) is 6.75. The minimum absolute atomic E-state index is 0.0196. The lowest BCUT2D eigenvalue weighted by Crippen LogP contribution is -2.37. The van der Waals surface area contributed by atoms with Crippen LogP contribution in [-0.2, 0) is 12.8 Å². The van der Waals surface area contributed by atoms with Gasteiger partial charge in [-0.25, -0.2) is 13.5 Å². The second kappa shape index (κ2) is 6.92. The van der Waals surface area contributed by atoms with Gasteiger partial charge in [0, 0.05) is 29.4 Å². The first-order valence-electron chi connectivity index (χ1n) is 8.49. The van der Waals surface area contributed by atoms with Crippen LogP contribution in [0.3, 0.4) is 0 Å². The number of benzene rings is 1. The summed E-state index contributed by atoms with van der Waals surface area (Å²) in [5.74, 6) is -1.62. The van der Waals surface area contributed by atoms with Crippen molar-refractivity contribution >= 4 is 5.91 Å². The van der Waals surface area contributed by atoms with Crippen LogP contribution in [0.25, 0.3) is 5.69 Å². The summed E-state index contributed by atoms with van der Waals surface area (Å²) in [7, 11) is 0. The summed E-state index contributed by atoms with van der Waals surface area (Å²) in [6.45, 7) is 3.77. The van der Waals surface area contributed by atoms with Crippen LogP contribution in [0, 0.1) is 11.6 Å². The largest absolute Gasteiger partial charge is 0.348 e. The minimum atomic E-state index is -0.672. The third kappa shape index (κ3) is 3.71. The van der Waals surface area contributed by atoms with Crippen molar-refractivity contribution in [1.29, 1.82) is 0 Å². The molecule has 2 unspecified atom stereocenters. The fourth-order valence-corrected chi connectivity index (χ4v) is 3.40. The van der Waals surface area contributed by atoms with E-state index in [1.165, 1.54) is 16.8 Å². The molecule has 1 aliphatic carbocycles. The lowest BCUT2D eigenvalue weighted by atomic mass is 10.1. The van der Waals surface area contributed by atoms with Crippen molar-refractivity contribution in [3.05, 3.63) is 46.8 Å². The molecule has 134 valence electrons. The summed E-state index contributed by atoms with van der Waals surface area (Å²) in [5.41, 5.74) is 8.08. The first-order chi connectivity index (χ1) is 11.8. The van der Waals surface area contributed by atoms with Crippen molar-refractivity contribution in [2.75, 3.05) is 0 Å². The van der Waals surface area contributed by atoms with E-state index in [-0.39, 0.29) is 18.0 Å². The number of nitrogens with zero attached hydrogens (tertiary/aromatic N) is 2. The number of carbonyl (C=O) groups is 1. The highest BCUT2D eigenvalue weighted by Crippen LogP contribution is 2.28. The number of hydrogen-bond acceptors (Lipinski definition) is 3. The average molecular weight is 348 g/mol. The molecule has 0 saturated carbocycles. The number of aromatic nitrogens is 2. The molecule has 2 atom stereocenters. The number of fused-ring (bicyclic) bond motifs is 1. The fraction of sp³-hybridized carbons (Fsp3) is 0.444. The van der Waals surface area contributed by atoms with Crippen LogP contribution in [0.4, 0.5) is 8.78 Å². The Balaban J connectivity index is 1.93. The maximum atomic E-state index is 13.6. The molecule has 7 heteroatoms. The van der Waals surface area contributed by atoms with E-state index in [0.717, 1.165) is 36.6 Å². The Morgan fingerprint density at radius 1 is 1.28 bits per heavy atom. The molecule has 25 heavy (non-hydrogen) atoms. The molecule has 5 nitrogen and oxygen atoms in total. The molecule has 1 aromatic heterocycles. The van der Waals surface area contributed by atoms with Gasteiger partial charge in [0.1, 0.15) is 11.6 Å². The topological polar surface area (TPSA) is 72.9 Å². The monoisotopic (exact) mass is 348 g/mol. The first kappa shape index (κ1) is 17.5. The van der Waals surface area contributed by atoms with Gasteiger partial charge in [0.2, 0.25) is 0 Å². The lowest BCUT2D eigenvalue weighted by molar-refractivity contribution is 0.0931.